The Bertz CT molecular complexity index is 467. The number of hydrogen-bond acceptors (Lipinski definition) is 4. The van der Waals surface area contributed by atoms with Gasteiger partial charge in [-0.15, -0.1) is 0 Å². The highest BCUT2D eigenvalue weighted by atomic mass is 16.5. The molecule has 0 bridgehead atoms. The van der Waals surface area contributed by atoms with Gasteiger partial charge in [0.15, 0.2) is 11.5 Å². The molecular weight excluding hydrogens is 256 g/mol. The van der Waals surface area contributed by atoms with Crippen LogP contribution in [0.3, 0.4) is 0 Å². The van der Waals surface area contributed by atoms with E-state index in [-0.39, 0.29) is 5.69 Å². The van der Waals surface area contributed by atoms with Crippen molar-refractivity contribution in [1.82, 2.24) is 10.1 Å². The topological polar surface area (TPSA) is 66.6 Å². The van der Waals surface area contributed by atoms with E-state index in [1.54, 1.807) is 0 Å². The van der Waals surface area contributed by atoms with Gasteiger partial charge in [0, 0.05) is 6.07 Å². The maximum Gasteiger partial charge on any atom is 0.358 e. The zero-order chi connectivity index (χ0) is 14.0. The molecule has 1 aromatic heterocycles. The highest BCUT2D eigenvalue weighted by Crippen LogP contribution is 2.44. The zero-order valence-electron chi connectivity index (χ0n) is 11.8. The standard InChI is InChI=1S/C15H22N2O3/c18-14(19)13-10-12(20-16-13)11-17-8-6-15(7-9-17)4-2-1-3-5-15/h10H,1-9,11H2,(H,18,19). The summed E-state index contributed by atoms with van der Waals surface area (Å²) in [5.41, 5.74) is 0.600. The number of likely N-dealkylation sites (tertiary alicyclic amines) is 1. The van der Waals surface area contributed by atoms with Crippen molar-refractivity contribution in [3.05, 3.63) is 17.5 Å². The SMILES string of the molecule is O=C(O)c1cc(CN2CCC3(CCCCC3)CC2)on1. The van der Waals surface area contributed by atoms with Gasteiger partial charge in [-0.1, -0.05) is 24.4 Å². The van der Waals surface area contributed by atoms with E-state index in [0.717, 1.165) is 13.1 Å². The Morgan fingerprint density at radius 3 is 2.55 bits per heavy atom. The molecular formula is C15H22N2O3. The highest BCUT2D eigenvalue weighted by molar-refractivity contribution is 5.85. The Labute approximate surface area is 118 Å². The van der Waals surface area contributed by atoms with Crippen molar-refractivity contribution in [3.8, 4) is 0 Å². The molecule has 0 unspecified atom stereocenters. The lowest BCUT2D eigenvalue weighted by Gasteiger charge is -2.44. The molecule has 0 radical (unpaired) electrons. The maximum absolute atomic E-state index is 10.8. The van der Waals surface area contributed by atoms with E-state index >= 15 is 0 Å². The summed E-state index contributed by atoms with van der Waals surface area (Å²) in [6, 6.07) is 1.54. The lowest BCUT2D eigenvalue weighted by Crippen LogP contribution is -2.40. The first-order valence-electron chi connectivity index (χ1n) is 7.58. The second-order valence-electron chi connectivity index (χ2n) is 6.32. The van der Waals surface area contributed by atoms with Crippen LogP contribution in [0.25, 0.3) is 0 Å². The molecule has 3 rings (SSSR count). The molecule has 1 saturated heterocycles. The van der Waals surface area contributed by atoms with Gasteiger partial charge in [-0.05, 0) is 44.2 Å². The highest BCUT2D eigenvalue weighted by Gasteiger charge is 2.35. The number of aromatic carboxylic acids is 1. The third-order valence-electron chi connectivity index (χ3n) is 4.99. The molecule has 1 spiro atoms. The van der Waals surface area contributed by atoms with Crippen LogP contribution in [0, 0.1) is 5.41 Å². The van der Waals surface area contributed by atoms with Crippen molar-refractivity contribution in [2.45, 2.75) is 51.5 Å². The predicted octanol–water partition coefficient (Wildman–Crippen LogP) is 2.92. The van der Waals surface area contributed by atoms with E-state index in [4.69, 9.17) is 9.63 Å². The van der Waals surface area contributed by atoms with Crippen LogP contribution >= 0.6 is 0 Å². The number of carboxylic acids is 1. The molecule has 20 heavy (non-hydrogen) atoms. The van der Waals surface area contributed by atoms with Crippen LogP contribution in [0.4, 0.5) is 0 Å². The van der Waals surface area contributed by atoms with Crippen LogP contribution in [0.2, 0.25) is 0 Å². The van der Waals surface area contributed by atoms with Crippen LogP contribution < -0.4 is 0 Å². The number of piperidine rings is 1. The molecule has 0 aromatic carbocycles. The van der Waals surface area contributed by atoms with E-state index in [2.05, 4.69) is 10.1 Å². The Hall–Kier alpha value is -1.36. The summed E-state index contributed by atoms with van der Waals surface area (Å²) in [7, 11) is 0. The number of carboxylic acid groups (broad SMARTS) is 1. The van der Waals surface area contributed by atoms with Crippen molar-refractivity contribution in [2.24, 2.45) is 5.41 Å². The minimum atomic E-state index is -1.03. The number of aromatic nitrogens is 1. The summed E-state index contributed by atoms with van der Waals surface area (Å²) in [5.74, 6) is -0.373. The van der Waals surface area contributed by atoms with Gasteiger partial charge in [-0.2, -0.15) is 0 Å². The Kier molecular flexibility index (Phi) is 3.78. The third kappa shape index (κ3) is 2.87. The molecule has 1 aromatic rings. The van der Waals surface area contributed by atoms with Crippen LogP contribution in [0.5, 0.6) is 0 Å². The number of hydrogen-bond donors (Lipinski definition) is 1. The van der Waals surface area contributed by atoms with Crippen molar-refractivity contribution >= 4 is 5.97 Å². The summed E-state index contributed by atoms with van der Waals surface area (Å²) >= 11 is 0. The van der Waals surface area contributed by atoms with Gasteiger partial charge in [0.1, 0.15) is 0 Å². The van der Waals surface area contributed by atoms with Crippen LogP contribution in [-0.2, 0) is 6.54 Å². The molecule has 110 valence electrons. The normalized spacial score (nSPS) is 23.0. The molecule has 1 aliphatic carbocycles. The summed E-state index contributed by atoms with van der Waals surface area (Å²) in [6.45, 7) is 2.85. The largest absolute Gasteiger partial charge is 0.476 e. The van der Waals surface area contributed by atoms with Crippen molar-refractivity contribution in [3.63, 3.8) is 0 Å². The predicted molar refractivity (Wildman–Crippen MR) is 73.5 cm³/mol. The van der Waals surface area contributed by atoms with Gasteiger partial charge < -0.3 is 9.63 Å². The molecule has 1 aliphatic heterocycles. The summed E-state index contributed by atoms with van der Waals surface area (Å²) in [6.07, 6.45) is 9.52. The van der Waals surface area contributed by atoms with E-state index in [1.165, 1.54) is 51.0 Å². The van der Waals surface area contributed by atoms with Crippen molar-refractivity contribution in [1.29, 1.82) is 0 Å². The average molecular weight is 278 g/mol. The van der Waals surface area contributed by atoms with E-state index < -0.39 is 5.97 Å². The number of rotatable bonds is 3. The van der Waals surface area contributed by atoms with Crippen LogP contribution in [0.1, 0.15) is 61.2 Å². The molecule has 2 fully saturated rings. The average Bonchev–Trinajstić information content (AvgIpc) is 2.92. The first-order chi connectivity index (χ1) is 9.67. The second-order valence-corrected chi connectivity index (χ2v) is 6.32. The summed E-state index contributed by atoms with van der Waals surface area (Å²) in [4.78, 5) is 13.1. The fourth-order valence-corrected chi connectivity index (χ4v) is 3.70. The molecule has 2 aliphatic rings. The maximum atomic E-state index is 10.8. The molecule has 0 amide bonds. The number of carbonyl (C=O) groups is 1. The Balaban J connectivity index is 1.54. The second kappa shape index (κ2) is 5.56. The molecule has 5 heteroatoms. The van der Waals surface area contributed by atoms with Gasteiger partial charge in [-0.3, -0.25) is 4.90 Å². The van der Waals surface area contributed by atoms with Crippen molar-refractivity contribution < 1.29 is 14.4 Å². The van der Waals surface area contributed by atoms with Gasteiger partial charge in [0.25, 0.3) is 0 Å². The first-order valence-corrected chi connectivity index (χ1v) is 7.58. The minimum Gasteiger partial charge on any atom is -0.476 e. The summed E-state index contributed by atoms with van der Waals surface area (Å²) < 4.78 is 5.09. The third-order valence-corrected chi connectivity index (χ3v) is 4.99. The molecule has 1 saturated carbocycles. The first kappa shape index (κ1) is 13.6. The van der Waals surface area contributed by atoms with Crippen LogP contribution in [0.15, 0.2) is 10.6 Å². The molecule has 5 nitrogen and oxygen atoms in total. The van der Waals surface area contributed by atoms with Gasteiger partial charge in [0.2, 0.25) is 0 Å². The van der Waals surface area contributed by atoms with Gasteiger partial charge in [-0.25, -0.2) is 4.79 Å². The van der Waals surface area contributed by atoms with Gasteiger partial charge in [0.05, 0.1) is 6.54 Å². The minimum absolute atomic E-state index is 0.000704. The zero-order valence-corrected chi connectivity index (χ0v) is 11.8. The van der Waals surface area contributed by atoms with Crippen molar-refractivity contribution in [2.75, 3.05) is 13.1 Å². The van der Waals surface area contributed by atoms with E-state index in [9.17, 15) is 4.79 Å². The molecule has 0 atom stereocenters. The quantitative estimate of drug-likeness (QED) is 0.920. The van der Waals surface area contributed by atoms with Gasteiger partial charge >= 0.3 is 5.97 Å². The number of nitrogens with zero attached hydrogens (tertiary/aromatic N) is 2. The lowest BCUT2D eigenvalue weighted by molar-refractivity contribution is 0.0596. The fraction of sp³-hybridized carbons (Fsp3) is 0.733. The lowest BCUT2D eigenvalue weighted by atomic mass is 9.68. The monoisotopic (exact) mass is 278 g/mol. The Morgan fingerprint density at radius 1 is 1.25 bits per heavy atom. The summed E-state index contributed by atoms with van der Waals surface area (Å²) in [5, 5.41) is 12.4. The van der Waals surface area contributed by atoms with E-state index in [1.807, 2.05) is 0 Å². The van der Waals surface area contributed by atoms with E-state index in [0.29, 0.717) is 17.7 Å². The molecule has 2 heterocycles. The fourth-order valence-electron chi connectivity index (χ4n) is 3.70. The molecule has 1 N–H and O–H groups in total. The van der Waals surface area contributed by atoms with Crippen LogP contribution in [-0.4, -0.2) is 34.2 Å². The smallest absolute Gasteiger partial charge is 0.358 e. The Morgan fingerprint density at radius 2 is 1.95 bits per heavy atom.